The predicted molar refractivity (Wildman–Crippen MR) is 124 cm³/mol. The van der Waals surface area contributed by atoms with E-state index in [1.165, 1.54) is 28.4 Å². The molecule has 0 atom stereocenters. The van der Waals surface area contributed by atoms with Crippen LogP contribution in [0.15, 0.2) is 71.8 Å². The summed E-state index contributed by atoms with van der Waals surface area (Å²) in [5, 5.41) is 0.962. The Labute approximate surface area is 189 Å². The number of anilines is 1. The fourth-order valence-electron chi connectivity index (χ4n) is 3.04. The average Bonchev–Trinajstić information content (AvgIpc) is 3.23. The fourth-order valence-corrected chi connectivity index (χ4v) is 5.23. The molecule has 0 unspecified atom stereocenters. The number of para-hydroxylation sites is 1. The van der Waals surface area contributed by atoms with Crippen LogP contribution >= 0.6 is 22.9 Å². The van der Waals surface area contributed by atoms with E-state index in [0.29, 0.717) is 21.4 Å². The topological polar surface area (TPSA) is 80.2 Å². The number of benzene rings is 2. The number of amides is 1. The Morgan fingerprint density at radius 2 is 1.90 bits per heavy atom. The first kappa shape index (κ1) is 21.4. The number of halogens is 1. The van der Waals surface area contributed by atoms with Crippen molar-refractivity contribution >= 4 is 54.0 Å². The number of aromatic nitrogens is 2. The summed E-state index contributed by atoms with van der Waals surface area (Å²) in [6.45, 7) is 1.75. The van der Waals surface area contributed by atoms with Crippen molar-refractivity contribution in [1.29, 1.82) is 0 Å². The van der Waals surface area contributed by atoms with E-state index in [1.807, 2.05) is 24.3 Å². The highest BCUT2D eigenvalue weighted by Gasteiger charge is 2.24. The van der Waals surface area contributed by atoms with Crippen LogP contribution in [-0.4, -0.2) is 30.0 Å². The van der Waals surface area contributed by atoms with Crippen molar-refractivity contribution in [3.63, 3.8) is 0 Å². The van der Waals surface area contributed by atoms with Gasteiger partial charge in [-0.05, 0) is 42.5 Å². The van der Waals surface area contributed by atoms with Crippen LogP contribution in [0, 0.1) is 0 Å². The number of hydrogen-bond acceptors (Lipinski definition) is 6. The molecule has 0 N–H and O–H groups in total. The summed E-state index contributed by atoms with van der Waals surface area (Å²) in [5.41, 5.74) is 1.56. The standard InChI is InChI=1S/C22H18ClN3O3S2/c1-2-31(28,29)17-9-5-7-15(13-17)21(27)26(14-16-8-3-4-12-24-16)22-25-20-18(23)10-6-11-19(20)30-22/h3-13H,2,14H2,1H3. The van der Waals surface area contributed by atoms with Crippen LogP contribution in [0.3, 0.4) is 0 Å². The van der Waals surface area contributed by atoms with Gasteiger partial charge in [0.2, 0.25) is 0 Å². The smallest absolute Gasteiger partial charge is 0.260 e. The lowest BCUT2D eigenvalue weighted by atomic mass is 10.2. The van der Waals surface area contributed by atoms with Crippen LogP contribution in [0.1, 0.15) is 23.0 Å². The molecular weight excluding hydrogens is 454 g/mol. The zero-order valence-corrected chi connectivity index (χ0v) is 18.9. The highest BCUT2D eigenvalue weighted by molar-refractivity contribution is 7.91. The Kier molecular flexibility index (Phi) is 6.04. The van der Waals surface area contributed by atoms with E-state index < -0.39 is 9.84 Å². The van der Waals surface area contributed by atoms with Crippen molar-refractivity contribution in [2.24, 2.45) is 0 Å². The summed E-state index contributed by atoms with van der Waals surface area (Å²) in [4.78, 5) is 24.0. The SMILES string of the molecule is CCS(=O)(=O)c1cccc(C(=O)N(Cc2ccccn2)c2nc3c(Cl)cccc3s2)c1. The fraction of sp³-hybridized carbons (Fsp3) is 0.136. The van der Waals surface area contributed by atoms with E-state index in [9.17, 15) is 13.2 Å². The van der Waals surface area contributed by atoms with Crippen LogP contribution in [0.5, 0.6) is 0 Å². The van der Waals surface area contributed by atoms with Gasteiger partial charge < -0.3 is 0 Å². The number of sulfone groups is 1. The van der Waals surface area contributed by atoms with E-state index in [2.05, 4.69) is 9.97 Å². The molecule has 9 heteroatoms. The molecule has 4 rings (SSSR count). The van der Waals surface area contributed by atoms with Crippen LogP contribution in [0.4, 0.5) is 5.13 Å². The lowest BCUT2D eigenvalue weighted by Gasteiger charge is -2.20. The molecule has 2 aromatic heterocycles. The second kappa shape index (κ2) is 8.74. The molecule has 0 fully saturated rings. The van der Waals surface area contributed by atoms with Crippen molar-refractivity contribution in [2.75, 3.05) is 10.7 Å². The van der Waals surface area contributed by atoms with Gasteiger partial charge in [-0.2, -0.15) is 0 Å². The van der Waals surface area contributed by atoms with Gasteiger partial charge in [-0.1, -0.05) is 48.1 Å². The first-order chi connectivity index (χ1) is 14.9. The molecule has 0 saturated heterocycles. The maximum atomic E-state index is 13.5. The zero-order chi connectivity index (χ0) is 22.0. The van der Waals surface area contributed by atoms with Gasteiger partial charge in [-0.3, -0.25) is 14.7 Å². The van der Waals surface area contributed by atoms with Gasteiger partial charge in [0, 0.05) is 11.8 Å². The molecule has 6 nitrogen and oxygen atoms in total. The highest BCUT2D eigenvalue weighted by atomic mass is 35.5. The minimum Gasteiger partial charge on any atom is -0.278 e. The number of carbonyl (C=O) groups excluding carboxylic acids is 1. The maximum Gasteiger partial charge on any atom is 0.260 e. The molecule has 0 aliphatic heterocycles. The van der Waals surface area contributed by atoms with Crippen molar-refractivity contribution in [2.45, 2.75) is 18.4 Å². The monoisotopic (exact) mass is 471 g/mol. The van der Waals surface area contributed by atoms with Gasteiger partial charge in [0.05, 0.1) is 32.6 Å². The summed E-state index contributed by atoms with van der Waals surface area (Å²) >= 11 is 7.62. The average molecular weight is 472 g/mol. The summed E-state index contributed by atoms with van der Waals surface area (Å²) in [6, 6.07) is 17.0. The minimum absolute atomic E-state index is 0.0430. The lowest BCUT2D eigenvalue weighted by Crippen LogP contribution is -2.30. The molecular formula is C22H18ClN3O3S2. The second-order valence-electron chi connectivity index (χ2n) is 6.73. The predicted octanol–water partition coefficient (Wildman–Crippen LogP) is 4.99. The first-order valence-electron chi connectivity index (χ1n) is 9.48. The normalized spacial score (nSPS) is 11.5. The van der Waals surface area contributed by atoms with E-state index in [-0.39, 0.29) is 28.7 Å². The van der Waals surface area contributed by atoms with E-state index in [4.69, 9.17) is 11.6 Å². The minimum atomic E-state index is -3.44. The second-order valence-corrected chi connectivity index (χ2v) is 10.4. The van der Waals surface area contributed by atoms with Crippen molar-refractivity contribution in [1.82, 2.24) is 9.97 Å². The van der Waals surface area contributed by atoms with Crippen LogP contribution in [0.2, 0.25) is 5.02 Å². The third-order valence-electron chi connectivity index (χ3n) is 4.70. The van der Waals surface area contributed by atoms with Gasteiger partial charge in [0.1, 0.15) is 5.52 Å². The number of thiazole rings is 1. The Morgan fingerprint density at radius 3 is 2.61 bits per heavy atom. The molecule has 4 aromatic rings. The van der Waals surface area contributed by atoms with Crippen LogP contribution in [0.25, 0.3) is 10.2 Å². The third kappa shape index (κ3) is 4.46. The van der Waals surface area contributed by atoms with Crippen LogP contribution in [-0.2, 0) is 16.4 Å². The van der Waals surface area contributed by atoms with Gasteiger partial charge in [0.15, 0.2) is 15.0 Å². The molecule has 0 aliphatic rings. The van der Waals surface area contributed by atoms with Crippen LogP contribution < -0.4 is 4.90 Å². The number of hydrogen-bond donors (Lipinski definition) is 0. The first-order valence-corrected chi connectivity index (χ1v) is 12.3. The lowest BCUT2D eigenvalue weighted by molar-refractivity contribution is 0.0984. The third-order valence-corrected chi connectivity index (χ3v) is 7.78. The highest BCUT2D eigenvalue weighted by Crippen LogP contribution is 2.34. The summed E-state index contributed by atoms with van der Waals surface area (Å²) in [6.07, 6.45) is 1.65. The quantitative estimate of drug-likeness (QED) is 0.396. The number of rotatable bonds is 6. The van der Waals surface area contributed by atoms with Gasteiger partial charge in [-0.15, -0.1) is 0 Å². The van der Waals surface area contributed by atoms with Gasteiger partial charge in [0.25, 0.3) is 5.91 Å². The summed E-state index contributed by atoms with van der Waals surface area (Å²) < 4.78 is 25.5. The summed E-state index contributed by atoms with van der Waals surface area (Å²) in [7, 11) is -3.44. The zero-order valence-electron chi connectivity index (χ0n) is 16.5. The Hall–Kier alpha value is -2.81. The molecule has 0 aliphatic carbocycles. The Morgan fingerprint density at radius 1 is 1.10 bits per heavy atom. The number of pyridine rings is 1. The van der Waals surface area contributed by atoms with E-state index >= 15 is 0 Å². The van der Waals surface area contributed by atoms with Crippen molar-refractivity contribution < 1.29 is 13.2 Å². The van der Waals surface area contributed by atoms with Crippen molar-refractivity contribution in [3.8, 4) is 0 Å². The number of carbonyl (C=O) groups is 1. The molecule has 0 radical (unpaired) electrons. The molecule has 2 aromatic carbocycles. The molecule has 158 valence electrons. The Balaban J connectivity index is 1.79. The molecule has 2 heterocycles. The van der Waals surface area contributed by atoms with E-state index in [0.717, 1.165) is 4.70 Å². The van der Waals surface area contributed by atoms with Crippen molar-refractivity contribution in [3.05, 3.63) is 83.1 Å². The van der Waals surface area contributed by atoms with Gasteiger partial charge in [-0.25, -0.2) is 13.4 Å². The molecule has 0 saturated carbocycles. The molecule has 0 bridgehead atoms. The Bertz CT molecular complexity index is 1350. The largest absolute Gasteiger partial charge is 0.278 e. The van der Waals surface area contributed by atoms with E-state index in [1.54, 1.807) is 37.4 Å². The van der Waals surface area contributed by atoms with Gasteiger partial charge >= 0.3 is 0 Å². The molecule has 1 amide bonds. The molecule has 0 spiro atoms. The summed E-state index contributed by atoms with van der Waals surface area (Å²) in [5.74, 6) is -0.410. The molecule has 31 heavy (non-hydrogen) atoms. The maximum absolute atomic E-state index is 13.5. The number of fused-ring (bicyclic) bond motifs is 1. The number of nitrogens with zero attached hydrogens (tertiary/aromatic N) is 3.